The van der Waals surface area contributed by atoms with Crippen molar-refractivity contribution in [3.63, 3.8) is 0 Å². The molecule has 3 aliphatic rings. The molecule has 0 radical (unpaired) electrons. The molecule has 2 aromatic carbocycles. The maximum absolute atomic E-state index is 13.4. The molecule has 0 spiro atoms. The first-order chi connectivity index (χ1) is 16.9. The fourth-order valence-corrected chi connectivity index (χ4v) is 6.67. The fraction of sp³-hybridized carbons (Fsp3) is 0.500. The summed E-state index contributed by atoms with van der Waals surface area (Å²) in [4.78, 5) is 39.3. The molecular weight excluding hydrogens is 440 g/mol. The molecule has 5 nitrogen and oxygen atoms in total. The number of hydrogen-bond donors (Lipinski definition) is 0. The summed E-state index contributed by atoms with van der Waals surface area (Å²) in [5.74, 6) is 0.0528. The average Bonchev–Trinajstić information content (AvgIpc) is 3.52. The van der Waals surface area contributed by atoms with E-state index < -0.39 is 18.2 Å². The summed E-state index contributed by atoms with van der Waals surface area (Å²) in [6, 6.07) is 14.9. The number of hydrogen-bond acceptors (Lipinski definition) is 5. The van der Waals surface area contributed by atoms with Crippen LogP contribution in [0.3, 0.4) is 0 Å². The van der Waals surface area contributed by atoms with Crippen molar-refractivity contribution in [1.29, 1.82) is 0 Å². The minimum Gasteiger partial charge on any atom is -0.454 e. The maximum atomic E-state index is 13.4. The average molecular weight is 475 g/mol. The van der Waals surface area contributed by atoms with Crippen LogP contribution in [0.25, 0.3) is 0 Å². The molecule has 2 bridgehead atoms. The summed E-state index contributed by atoms with van der Waals surface area (Å²) in [5.41, 5.74) is 2.91. The van der Waals surface area contributed by atoms with Crippen molar-refractivity contribution >= 4 is 17.7 Å². The van der Waals surface area contributed by atoms with Gasteiger partial charge in [-0.05, 0) is 61.3 Å². The van der Waals surface area contributed by atoms with Crippen LogP contribution in [-0.2, 0) is 20.7 Å². The van der Waals surface area contributed by atoms with Crippen LogP contribution < -0.4 is 0 Å². The van der Waals surface area contributed by atoms with Gasteiger partial charge in [0.15, 0.2) is 0 Å². The largest absolute Gasteiger partial charge is 0.454 e. The van der Waals surface area contributed by atoms with E-state index in [-0.39, 0.29) is 35.4 Å². The molecular formula is C30H34O5. The summed E-state index contributed by atoms with van der Waals surface area (Å²) in [7, 11) is 0. The molecule has 184 valence electrons. The third kappa shape index (κ3) is 4.30. The first-order valence-corrected chi connectivity index (χ1v) is 13.0. The standard InChI is InChI=1S/C30H34O5/c1-4-17(2)15-19-10-6-8-12-21(19)30(33)34-27-23-16-24(26-22(23)13-14-25(26)31)28(27)35-29(32)20-11-7-5-9-18(20)3/h5-12,17,22-24,26-28H,4,13-16H2,1-3H3. The van der Waals surface area contributed by atoms with Crippen LogP contribution in [0.15, 0.2) is 48.5 Å². The number of fused-ring (bicyclic) bond motifs is 5. The van der Waals surface area contributed by atoms with Crippen molar-refractivity contribution in [2.24, 2.45) is 29.6 Å². The quantitative estimate of drug-likeness (QED) is 0.490. The Kier molecular flexibility index (Phi) is 6.52. The molecule has 7 atom stereocenters. The van der Waals surface area contributed by atoms with Gasteiger partial charge in [0.25, 0.3) is 0 Å². The highest BCUT2D eigenvalue weighted by Gasteiger charge is 2.64. The Morgan fingerprint density at radius 2 is 1.54 bits per heavy atom. The number of benzene rings is 2. The lowest BCUT2D eigenvalue weighted by Crippen LogP contribution is -2.46. The van der Waals surface area contributed by atoms with Gasteiger partial charge in [0, 0.05) is 24.2 Å². The summed E-state index contributed by atoms with van der Waals surface area (Å²) in [6.45, 7) is 6.20. The van der Waals surface area contributed by atoms with Crippen LogP contribution in [0.1, 0.15) is 71.4 Å². The SMILES string of the molecule is CCC(C)Cc1ccccc1C(=O)OC1C2CC(C1OC(=O)c1ccccc1C)C1C(=O)CCC21. The van der Waals surface area contributed by atoms with E-state index in [0.29, 0.717) is 23.5 Å². The second kappa shape index (κ2) is 9.60. The Labute approximate surface area is 207 Å². The van der Waals surface area contributed by atoms with E-state index in [4.69, 9.17) is 9.47 Å². The molecule has 0 amide bonds. The van der Waals surface area contributed by atoms with E-state index in [2.05, 4.69) is 13.8 Å². The number of ketones is 1. The Balaban J connectivity index is 1.41. The minimum atomic E-state index is -0.596. The van der Waals surface area contributed by atoms with Gasteiger partial charge in [-0.3, -0.25) is 4.79 Å². The van der Waals surface area contributed by atoms with Crippen molar-refractivity contribution in [1.82, 2.24) is 0 Å². The fourth-order valence-electron chi connectivity index (χ4n) is 6.67. The van der Waals surface area contributed by atoms with Crippen LogP contribution in [0.2, 0.25) is 0 Å². The monoisotopic (exact) mass is 474 g/mol. The topological polar surface area (TPSA) is 69.7 Å². The van der Waals surface area contributed by atoms with Crippen LogP contribution >= 0.6 is 0 Å². The van der Waals surface area contributed by atoms with Crippen molar-refractivity contribution in [3.05, 3.63) is 70.8 Å². The number of ether oxygens (including phenoxy) is 2. The second-order valence-electron chi connectivity index (χ2n) is 10.7. The zero-order valence-electron chi connectivity index (χ0n) is 20.7. The van der Waals surface area contributed by atoms with Gasteiger partial charge in [-0.15, -0.1) is 0 Å². The lowest BCUT2D eigenvalue weighted by Gasteiger charge is -2.36. The van der Waals surface area contributed by atoms with Crippen molar-refractivity contribution < 1.29 is 23.9 Å². The molecule has 7 unspecified atom stereocenters. The Morgan fingerprint density at radius 3 is 2.26 bits per heavy atom. The van der Waals surface area contributed by atoms with E-state index in [1.54, 1.807) is 6.07 Å². The summed E-state index contributed by atoms with van der Waals surface area (Å²) in [5, 5.41) is 0. The molecule has 0 saturated heterocycles. The number of aryl methyl sites for hydroxylation is 1. The number of rotatable bonds is 7. The molecule has 3 saturated carbocycles. The van der Waals surface area contributed by atoms with Gasteiger partial charge < -0.3 is 9.47 Å². The van der Waals surface area contributed by atoms with Crippen molar-refractivity contribution in [2.75, 3.05) is 0 Å². The number of esters is 2. The van der Waals surface area contributed by atoms with Crippen molar-refractivity contribution in [2.45, 2.75) is 65.1 Å². The van der Waals surface area contributed by atoms with E-state index in [9.17, 15) is 14.4 Å². The third-order valence-electron chi connectivity index (χ3n) is 8.63. The van der Waals surface area contributed by atoms with Gasteiger partial charge in [-0.2, -0.15) is 0 Å². The first-order valence-electron chi connectivity index (χ1n) is 13.0. The lowest BCUT2D eigenvalue weighted by atomic mass is 9.78. The number of Topliss-reactive ketones (excluding diaryl/α,β-unsaturated/α-hetero) is 1. The van der Waals surface area contributed by atoms with Crippen LogP contribution in [0.5, 0.6) is 0 Å². The molecule has 2 aromatic rings. The van der Waals surface area contributed by atoms with Crippen LogP contribution in [0.4, 0.5) is 0 Å². The Hall–Kier alpha value is -2.95. The van der Waals surface area contributed by atoms with Gasteiger partial charge >= 0.3 is 11.9 Å². The second-order valence-corrected chi connectivity index (χ2v) is 10.7. The van der Waals surface area contributed by atoms with E-state index in [0.717, 1.165) is 36.8 Å². The van der Waals surface area contributed by atoms with Gasteiger partial charge in [-0.1, -0.05) is 56.7 Å². The summed E-state index contributed by atoms with van der Waals surface area (Å²) < 4.78 is 12.2. The van der Waals surface area contributed by atoms with Gasteiger partial charge in [0.05, 0.1) is 11.1 Å². The maximum Gasteiger partial charge on any atom is 0.338 e. The van der Waals surface area contributed by atoms with E-state index >= 15 is 0 Å². The highest BCUT2D eigenvalue weighted by molar-refractivity contribution is 5.92. The minimum absolute atomic E-state index is 0.0526. The van der Waals surface area contributed by atoms with Crippen LogP contribution in [-0.4, -0.2) is 29.9 Å². The predicted octanol–water partition coefficient (Wildman–Crippen LogP) is 5.58. The Bertz CT molecular complexity index is 1140. The smallest absolute Gasteiger partial charge is 0.338 e. The van der Waals surface area contributed by atoms with Gasteiger partial charge in [-0.25, -0.2) is 9.59 Å². The lowest BCUT2D eigenvalue weighted by molar-refractivity contribution is -0.127. The summed E-state index contributed by atoms with van der Waals surface area (Å²) >= 11 is 0. The molecule has 35 heavy (non-hydrogen) atoms. The van der Waals surface area contributed by atoms with E-state index in [1.165, 1.54) is 0 Å². The van der Waals surface area contributed by atoms with Gasteiger partial charge in [0.2, 0.25) is 0 Å². The molecule has 0 heterocycles. The van der Waals surface area contributed by atoms with Crippen molar-refractivity contribution in [3.8, 4) is 0 Å². The summed E-state index contributed by atoms with van der Waals surface area (Å²) in [6.07, 6.45) is 2.89. The highest BCUT2D eigenvalue weighted by Crippen LogP contribution is 2.59. The number of carbonyl (C=O) groups excluding carboxylic acids is 3. The zero-order chi connectivity index (χ0) is 24.7. The molecule has 0 N–H and O–H groups in total. The molecule has 5 heteroatoms. The molecule has 3 fully saturated rings. The molecule has 0 aromatic heterocycles. The normalized spacial score (nSPS) is 29.6. The Morgan fingerprint density at radius 1 is 0.914 bits per heavy atom. The highest BCUT2D eigenvalue weighted by atomic mass is 16.6. The van der Waals surface area contributed by atoms with E-state index in [1.807, 2.05) is 49.4 Å². The van der Waals surface area contributed by atoms with Gasteiger partial charge in [0.1, 0.15) is 18.0 Å². The molecule has 0 aliphatic heterocycles. The predicted molar refractivity (Wildman–Crippen MR) is 132 cm³/mol. The number of carbonyl (C=O) groups is 3. The first kappa shape index (κ1) is 23.8. The van der Waals surface area contributed by atoms with Crippen LogP contribution in [0, 0.1) is 36.5 Å². The zero-order valence-corrected chi connectivity index (χ0v) is 20.7. The molecule has 3 aliphatic carbocycles. The third-order valence-corrected chi connectivity index (χ3v) is 8.63. The molecule has 5 rings (SSSR count).